The first-order chi connectivity index (χ1) is 18.2. The molecule has 0 bridgehead atoms. The van der Waals surface area contributed by atoms with Crippen LogP contribution in [-0.2, 0) is 16.1 Å². The minimum atomic E-state index is -0.780. The standard InChI is InChI=1S/C26H32F2N6O4/c1-4-8-34(16(3)35)31-25(36)19-6-7-21(24(28)29-19)33-11-9-32(10-12-33)15-17-13-20-23(14-18(17)27)38-22(5-2)26(37)30-20/h6-7,13-14,22H,4-5,8-12,15H2,1-3H3,(H,30,37)(H,31,36). The summed E-state index contributed by atoms with van der Waals surface area (Å²) in [7, 11) is 0. The third-order valence-electron chi connectivity index (χ3n) is 6.57. The maximum Gasteiger partial charge on any atom is 0.288 e. The van der Waals surface area contributed by atoms with Crippen molar-refractivity contribution in [3.63, 3.8) is 0 Å². The summed E-state index contributed by atoms with van der Waals surface area (Å²) in [6.45, 7) is 7.73. The molecule has 1 saturated heterocycles. The fraction of sp³-hybridized carbons (Fsp3) is 0.462. The summed E-state index contributed by atoms with van der Waals surface area (Å²) >= 11 is 0. The van der Waals surface area contributed by atoms with E-state index in [1.54, 1.807) is 6.07 Å². The van der Waals surface area contributed by atoms with Gasteiger partial charge in [-0.3, -0.25) is 29.7 Å². The molecule has 0 aliphatic carbocycles. The molecule has 2 aromatic rings. The van der Waals surface area contributed by atoms with Gasteiger partial charge in [0.05, 0.1) is 11.4 Å². The van der Waals surface area contributed by atoms with E-state index in [-0.39, 0.29) is 23.2 Å². The van der Waals surface area contributed by atoms with Crippen LogP contribution in [0.3, 0.4) is 0 Å². The second-order valence-corrected chi connectivity index (χ2v) is 9.32. The third-order valence-corrected chi connectivity index (χ3v) is 6.57. The Labute approximate surface area is 219 Å². The lowest BCUT2D eigenvalue weighted by molar-refractivity contribution is -0.131. The number of hydrogen-bond donors (Lipinski definition) is 2. The van der Waals surface area contributed by atoms with E-state index in [1.807, 2.05) is 23.6 Å². The fourth-order valence-electron chi connectivity index (χ4n) is 4.48. The van der Waals surface area contributed by atoms with E-state index in [9.17, 15) is 23.2 Å². The van der Waals surface area contributed by atoms with Gasteiger partial charge in [0.15, 0.2) is 6.10 Å². The number of piperazine rings is 1. The number of hydrogen-bond acceptors (Lipinski definition) is 7. The highest BCUT2D eigenvalue weighted by atomic mass is 19.1. The summed E-state index contributed by atoms with van der Waals surface area (Å²) in [6, 6.07) is 5.83. The van der Waals surface area contributed by atoms with Gasteiger partial charge in [-0.25, -0.2) is 9.37 Å². The van der Waals surface area contributed by atoms with Gasteiger partial charge in [-0.15, -0.1) is 0 Å². The number of pyridine rings is 1. The number of amides is 3. The van der Waals surface area contributed by atoms with Crippen molar-refractivity contribution in [1.29, 1.82) is 0 Å². The van der Waals surface area contributed by atoms with Gasteiger partial charge in [0.1, 0.15) is 17.3 Å². The number of ether oxygens (including phenoxy) is 1. The molecule has 1 atom stereocenters. The molecule has 1 fully saturated rings. The van der Waals surface area contributed by atoms with Gasteiger partial charge < -0.3 is 15.0 Å². The molecule has 38 heavy (non-hydrogen) atoms. The summed E-state index contributed by atoms with van der Waals surface area (Å²) in [5, 5.41) is 3.95. The number of carbonyl (C=O) groups excluding carboxylic acids is 3. The number of nitrogens with one attached hydrogen (secondary N) is 2. The molecule has 1 aromatic carbocycles. The molecule has 10 nitrogen and oxygen atoms in total. The Kier molecular flexibility index (Phi) is 8.40. The van der Waals surface area contributed by atoms with Crippen LogP contribution in [0.15, 0.2) is 24.3 Å². The van der Waals surface area contributed by atoms with E-state index in [2.05, 4.69) is 15.7 Å². The Morgan fingerprint density at radius 2 is 1.92 bits per heavy atom. The lowest BCUT2D eigenvalue weighted by Crippen LogP contribution is -2.47. The summed E-state index contributed by atoms with van der Waals surface area (Å²) in [6.07, 6.45) is 0.508. The minimum Gasteiger partial charge on any atom is -0.478 e. The Hall–Kier alpha value is -3.80. The number of rotatable bonds is 7. The third kappa shape index (κ3) is 6.01. The van der Waals surface area contributed by atoms with E-state index in [0.717, 1.165) is 0 Å². The molecule has 12 heteroatoms. The molecule has 3 heterocycles. The second-order valence-electron chi connectivity index (χ2n) is 9.32. The van der Waals surface area contributed by atoms with Crippen LogP contribution in [0.4, 0.5) is 20.2 Å². The van der Waals surface area contributed by atoms with E-state index >= 15 is 0 Å². The molecule has 1 aromatic heterocycles. The molecule has 204 valence electrons. The quantitative estimate of drug-likeness (QED) is 0.419. The van der Waals surface area contributed by atoms with E-state index in [4.69, 9.17) is 4.74 Å². The van der Waals surface area contributed by atoms with Crippen LogP contribution in [0.2, 0.25) is 0 Å². The molecule has 0 spiro atoms. The number of carbonyl (C=O) groups is 3. The van der Waals surface area contributed by atoms with Crippen LogP contribution < -0.4 is 20.4 Å². The van der Waals surface area contributed by atoms with Crippen LogP contribution in [0.5, 0.6) is 5.75 Å². The highest BCUT2D eigenvalue weighted by Gasteiger charge is 2.28. The molecule has 1 unspecified atom stereocenters. The normalized spacial score (nSPS) is 17.3. The minimum absolute atomic E-state index is 0.128. The summed E-state index contributed by atoms with van der Waals surface area (Å²) < 4.78 is 35.2. The van der Waals surface area contributed by atoms with Gasteiger partial charge >= 0.3 is 0 Å². The van der Waals surface area contributed by atoms with Gasteiger partial charge in [0.2, 0.25) is 11.9 Å². The zero-order valence-corrected chi connectivity index (χ0v) is 21.7. The summed E-state index contributed by atoms with van der Waals surface area (Å²) in [5.74, 6) is -2.11. The number of benzene rings is 1. The van der Waals surface area contributed by atoms with Crippen molar-refractivity contribution < 1.29 is 27.9 Å². The van der Waals surface area contributed by atoms with Gasteiger partial charge in [-0.05, 0) is 31.0 Å². The van der Waals surface area contributed by atoms with Gasteiger partial charge in [-0.1, -0.05) is 13.8 Å². The van der Waals surface area contributed by atoms with Crippen molar-refractivity contribution in [2.24, 2.45) is 0 Å². The topological polar surface area (TPSA) is 107 Å². The lowest BCUT2D eigenvalue weighted by atomic mass is 10.1. The van der Waals surface area contributed by atoms with Crippen molar-refractivity contribution in [2.75, 3.05) is 42.9 Å². The molecule has 2 aliphatic rings. The zero-order chi connectivity index (χ0) is 27.4. The maximum atomic E-state index is 14.9. The predicted molar refractivity (Wildman–Crippen MR) is 137 cm³/mol. The lowest BCUT2D eigenvalue weighted by Gasteiger charge is -2.36. The Morgan fingerprint density at radius 1 is 1.18 bits per heavy atom. The van der Waals surface area contributed by atoms with Crippen LogP contribution in [0.1, 0.15) is 49.7 Å². The SMILES string of the molecule is CCCN(NC(=O)c1ccc(N2CCN(Cc3cc4c(cc3F)OC(CC)C(=O)N4)CC2)c(F)n1)C(C)=O. The predicted octanol–water partition coefficient (Wildman–Crippen LogP) is 2.69. The van der Waals surface area contributed by atoms with Crippen molar-refractivity contribution in [3.05, 3.63) is 47.3 Å². The highest BCUT2D eigenvalue weighted by Crippen LogP contribution is 2.33. The second kappa shape index (κ2) is 11.7. The van der Waals surface area contributed by atoms with E-state index in [0.29, 0.717) is 69.1 Å². The summed E-state index contributed by atoms with van der Waals surface area (Å²) in [4.78, 5) is 43.9. The van der Waals surface area contributed by atoms with Crippen LogP contribution >= 0.6 is 0 Å². The van der Waals surface area contributed by atoms with Gasteiger partial charge in [0.25, 0.3) is 11.8 Å². The summed E-state index contributed by atoms with van der Waals surface area (Å²) in [5.41, 5.74) is 3.48. The molecular weight excluding hydrogens is 498 g/mol. The number of aromatic nitrogens is 1. The average molecular weight is 531 g/mol. The van der Waals surface area contributed by atoms with Crippen molar-refractivity contribution >= 4 is 29.1 Å². The van der Waals surface area contributed by atoms with Crippen molar-refractivity contribution in [2.45, 2.75) is 46.3 Å². The van der Waals surface area contributed by atoms with Crippen LogP contribution in [-0.4, -0.2) is 71.4 Å². The molecule has 0 saturated carbocycles. The molecule has 4 rings (SSSR count). The van der Waals surface area contributed by atoms with Gasteiger partial charge in [-0.2, -0.15) is 4.39 Å². The molecule has 2 aliphatic heterocycles. The number of anilines is 2. The van der Waals surface area contributed by atoms with Crippen molar-refractivity contribution in [3.8, 4) is 5.75 Å². The number of fused-ring (bicyclic) bond motifs is 1. The largest absolute Gasteiger partial charge is 0.478 e. The first-order valence-corrected chi connectivity index (χ1v) is 12.7. The smallest absolute Gasteiger partial charge is 0.288 e. The highest BCUT2D eigenvalue weighted by molar-refractivity contribution is 5.97. The van der Waals surface area contributed by atoms with Gasteiger partial charge in [0, 0.05) is 57.8 Å². The molecule has 2 N–H and O–H groups in total. The van der Waals surface area contributed by atoms with Crippen LogP contribution in [0.25, 0.3) is 0 Å². The first-order valence-electron chi connectivity index (χ1n) is 12.7. The number of hydrazine groups is 1. The average Bonchev–Trinajstić information content (AvgIpc) is 2.89. The Bertz CT molecular complexity index is 1220. The number of halogens is 2. The number of nitrogens with zero attached hydrogens (tertiary/aromatic N) is 4. The molecular formula is C26H32F2N6O4. The van der Waals surface area contributed by atoms with Crippen LogP contribution in [0, 0.1) is 11.8 Å². The maximum absolute atomic E-state index is 14.9. The first kappa shape index (κ1) is 27.2. The van der Waals surface area contributed by atoms with E-state index < -0.39 is 23.8 Å². The zero-order valence-electron chi connectivity index (χ0n) is 21.7. The molecule has 3 amide bonds. The van der Waals surface area contributed by atoms with E-state index in [1.165, 1.54) is 30.1 Å². The monoisotopic (exact) mass is 530 g/mol. The fourth-order valence-corrected chi connectivity index (χ4v) is 4.48. The van der Waals surface area contributed by atoms with Crippen molar-refractivity contribution in [1.82, 2.24) is 20.3 Å². The Morgan fingerprint density at radius 3 is 2.55 bits per heavy atom. The molecule has 0 radical (unpaired) electrons. The Balaban J connectivity index is 1.36.